The fraction of sp³-hybridized carbons (Fsp3) is 0.762. The van der Waals surface area contributed by atoms with Crippen molar-refractivity contribution in [3.8, 4) is 0 Å². The Morgan fingerprint density at radius 2 is 2.07 bits per heavy atom. The molecule has 0 aliphatic carbocycles. The lowest BCUT2D eigenvalue weighted by Crippen LogP contribution is -2.47. The highest BCUT2D eigenvalue weighted by Crippen LogP contribution is 2.44. The van der Waals surface area contributed by atoms with Crippen LogP contribution in [0.25, 0.3) is 0 Å². The fourth-order valence-electron chi connectivity index (χ4n) is 4.97. The van der Waals surface area contributed by atoms with E-state index in [9.17, 15) is 9.59 Å². The van der Waals surface area contributed by atoms with Gasteiger partial charge in [-0.1, -0.05) is 13.8 Å². The Labute approximate surface area is 168 Å². The molecule has 3 heterocycles. The topological polar surface area (TPSA) is 61.7 Å². The molecule has 0 N–H and O–H groups in total. The minimum Gasteiger partial charge on any atom is -0.348 e. The lowest BCUT2D eigenvalue weighted by molar-refractivity contribution is -0.142. The monoisotopic (exact) mass is 389 g/mol. The highest BCUT2D eigenvalue weighted by molar-refractivity contribution is 5.84. The van der Waals surface area contributed by atoms with Crippen molar-refractivity contribution in [1.82, 2.24) is 24.5 Å². The van der Waals surface area contributed by atoms with E-state index in [0.717, 1.165) is 39.0 Å². The van der Waals surface area contributed by atoms with Crippen molar-refractivity contribution in [2.75, 3.05) is 40.3 Å². The molecular weight excluding hydrogens is 354 g/mol. The molecule has 0 unspecified atom stereocenters. The SMILES string of the molecule is CC(C)CC(=O)N1CCC[C@]2(C(=O)N(C)C)CN(Cc3cnn(C)c3)C[C@@H]2C1. The summed E-state index contributed by atoms with van der Waals surface area (Å²) in [6, 6.07) is 0. The second-order valence-corrected chi connectivity index (χ2v) is 9.29. The van der Waals surface area contributed by atoms with Gasteiger partial charge in [-0.2, -0.15) is 5.10 Å². The minimum atomic E-state index is -0.390. The summed E-state index contributed by atoms with van der Waals surface area (Å²) in [7, 11) is 5.63. The van der Waals surface area contributed by atoms with Gasteiger partial charge in [0.1, 0.15) is 0 Å². The summed E-state index contributed by atoms with van der Waals surface area (Å²) in [5.74, 6) is 0.977. The molecule has 0 radical (unpaired) electrons. The van der Waals surface area contributed by atoms with E-state index in [0.29, 0.717) is 18.9 Å². The van der Waals surface area contributed by atoms with Gasteiger partial charge in [0.05, 0.1) is 11.6 Å². The van der Waals surface area contributed by atoms with Crippen LogP contribution in [0.2, 0.25) is 0 Å². The molecule has 0 spiro atoms. The minimum absolute atomic E-state index is 0.178. The number of likely N-dealkylation sites (tertiary alicyclic amines) is 2. The van der Waals surface area contributed by atoms with Crippen molar-refractivity contribution in [1.29, 1.82) is 0 Å². The average Bonchev–Trinajstić information content (AvgIpc) is 3.11. The molecule has 28 heavy (non-hydrogen) atoms. The van der Waals surface area contributed by atoms with Crippen LogP contribution < -0.4 is 0 Å². The van der Waals surface area contributed by atoms with E-state index in [1.54, 1.807) is 4.90 Å². The number of nitrogens with zero attached hydrogens (tertiary/aromatic N) is 5. The van der Waals surface area contributed by atoms with Crippen LogP contribution in [0.4, 0.5) is 0 Å². The molecule has 0 bridgehead atoms. The van der Waals surface area contributed by atoms with Crippen molar-refractivity contribution in [3.05, 3.63) is 18.0 Å². The summed E-state index contributed by atoms with van der Waals surface area (Å²) in [4.78, 5) is 32.2. The predicted octanol–water partition coefficient (Wildman–Crippen LogP) is 1.60. The van der Waals surface area contributed by atoms with Gasteiger partial charge in [0, 0.05) is 78.0 Å². The summed E-state index contributed by atoms with van der Waals surface area (Å²) >= 11 is 0. The van der Waals surface area contributed by atoms with Gasteiger partial charge >= 0.3 is 0 Å². The lowest BCUT2D eigenvalue weighted by Gasteiger charge is -2.35. The second-order valence-electron chi connectivity index (χ2n) is 9.29. The van der Waals surface area contributed by atoms with Crippen LogP contribution in [0.5, 0.6) is 0 Å². The van der Waals surface area contributed by atoms with Crippen LogP contribution in [0.1, 0.15) is 38.7 Å². The number of aryl methyl sites for hydroxylation is 1. The zero-order chi connectivity index (χ0) is 20.5. The smallest absolute Gasteiger partial charge is 0.229 e. The van der Waals surface area contributed by atoms with Gasteiger partial charge < -0.3 is 9.80 Å². The molecule has 2 saturated heterocycles. The highest BCUT2D eigenvalue weighted by atomic mass is 16.2. The first-order valence-corrected chi connectivity index (χ1v) is 10.4. The third-order valence-corrected chi connectivity index (χ3v) is 6.19. The van der Waals surface area contributed by atoms with Gasteiger partial charge in [0.2, 0.25) is 11.8 Å². The quantitative estimate of drug-likeness (QED) is 0.767. The van der Waals surface area contributed by atoms with Crippen molar-refractivity contribution in [3.63, 3.8) is 0 Å². The summed E-state index contributed by atoms with van der Waals surface area (Å²) in [6.45, 7) is 8.03. The fourth-order valence-corrected chi connectivity index (χ4v) is 4.97. The molecule has 7 heteroatoms. The lowest BCUT2D eigenvalue weighted by atomic mass is 9.74. The van der Waals surface area contributed by atoms with Gasteiger partial charge in [-0.05, 0) is 18.8 Å². The molecule has 2 fully saturated rings. The number of hydrogen-bond donors (Lipinski definition) is 0. The maximum Gasteiger partial charge on any atom is 0.229 e. The summed E-state index contributed by atoms with van der Waals surface area (Å²) in [5, 5.41) is 4.27. The van der Waals surface area contributed by atoms with Crippen LogP contribution >= 0.6 is 0 Å². The van der Waals surface area contributed by atoms with E-state index in [-0.39, 0.29) is 17.7 Å². The Hall–Kier alpha value is -1.89. The average molecular weight is 390 g/mol. The molecule has 2 amide bonds. The summed E-state index contributed by atoms with van der Waals surface area (Å²) in [6.07, 6.45) is 6.26. The Morgan fingerprint density at radius 3 is 2.68 bits per heavy atom. The van der Waals surface area contributed by atoms with Crippen LogP contribution in [-0.4, -0.2) is 76.6 Å². The van der Waals surface area contributed by atoms with Gasteiger partial charge in [0.25, 0.3) is 0 Å². The van der Waals surface area contributed by atoms with E-state index in [1.165, 1.54) is 5.56 Å². The molecular formula is C21H35N5O2. The number of rotatable bonds is 5. The third kappa shape index (κ3) is 4.24. The molecule has 0 saturated carbocycles. The molecule has 1 aromatic rings. The maximum atomic E-state index is 13.3. The number of amides is 2. The standard InChI is InChI=1S/C21H35N5O2/c1-16(2)9-19(27)26-8-6-7-21(20(28)23(3)4)15-25(13-18(21)14-26)12-17-10-22-24(5)11-17/h10-11,16,18H,6-9,12-15H2,1-5H3/t18-,21+/m1/s1. The van der Waals surface area contributed by atoms with Gasteiger partial charge in [-0.3, -0.25) is 19.2 Å². The van der Waals surface area contributed by atoms with E-state index in [2.05, 4.69) is 23.8 Å². The second kappa shape index (κ2) is 8.23. The molecule has 2 atom stereocenters. The Kier molecular flexibility index (Phi) is 6.12. The number of fused-ring (bicyclic) bond motifs is 1. The van der Waals surface area contributed by atoms with E-state index >= 15 is 0 Å². The van der Waals surface area contributed by atoms with Crippen LogP contribution in [-0.2, 0) is 23.2 Å². The Bertz CT molecular complexity index is 713. The Balaban J connectivity index is 1.81. The van der Waals surface area contributed by atoms with Crippen LogP contribution in [0.15, 0.2) is 12.4 Å². The van der Waals surface area contributed by atoms with E-state index in [4.69, 9.17) is 0 Å². The normalized spacial score (nSPS) is 25.6. The summed E-state index contributed by atoms with van der Waals surface area (Å²) in [5.41, 5.74) is 0.776. The predicted molar refractivity (Wildman–Crippen MR) is 108 cm³/mol. The van der Waals surface area contributed by atoms with Gasteiger partial charge in [-0.15, -0.1) is 0 Å². The first-order valence-electron chi connectivity index (χ1n) is 10.4. The van der Waals surface area contributed by atoms with Gasteiger partial charge in [-0.25, -0.2) is 0 Å². The van der Waals surface area contributed by atoms with Crippen molar-refractivity contribution >= 4 is 11.8 Å². The zero-order valence-electron chi connectivity index (χ0n) is 18.0. The molecule has 2 aliphatic heterocycles. The number of hydrogen-bond acceptors (Lipinski definition) is 4. The first kappa shape index (κ1) is 20.8. The maximum absolute atomic E-state index is 13.3. The van der Waals surface area contributed by atoms with E-state index in [1.807, 2.05) is 43.1 Å². The zero-order valence-corrected chi connectivity index (χ0v) is 18.0. The number of aromatic nitrogens is 2. The van der Waals surface area contributed by atoms with Crippen LogP contribution in [0.3, 0.4) is 0 Å². The van der Waals surface area contributed by atoms with E-state index < -0.39 is 5.41 Å². The summed E-state index contributed by atoms with van der Waals surface area (Å²) < 4.78 is 1.82. The molecule has 0 aromatic carbocycles. The van der Waals surface area contributed by atoms with Gasteiger partial charge in [0.15, 0.2) is 0 Å². The third-order valence-electron chi connectivity index (χ3n) is 6.19. The highest BCUT2D eigenvalue weighted by Gasteiger charge is 2.53. The molecule has 1 aromatic heterocycles. The molecule has 2 aliphatic rings. The number of carbonyl (C=O) groups excluding carboxylic acids is 2. The van der Waals surface area contributed by atoms with Crippen molar-refractivity contribution in [2.45, 2.75) is 39.7 Å². The first-order chi connectivity index (χ1) is 13.2. The largest absolute Gasteiger partial charge is 0.348 e. The van der Waals surface area contributed by atoms with Crippen molar-refractivity contribution in [2.24, 2.45) is 24.3 Å². The molecule has 3 rings (SSSR count). The van der Waals surface area contributed by atoms with Crippen LogP contribution in [0, 0.1) is 17.3 Å². The molecule has 7 nitrogen and oxygen atoms in total. The molecule has 156 valence electrons. The van der Waals surface area contributed by atoms with Crippen molar-refractivity contribution < 1.29 is 9.59 Å². The Morgan fingerprint density at radius 1 is 1.32 bits per heavy atom. The number of carbonyl (C=O) groups is 2.